The molecule has 0 saturated carbocycles. The number of piperidine rings is 1. The van der Waals surface area contributed by atoms with E-state index in [9.17, 15) is 4.79 Å². The Labute approximate surface area is 162 Å². The summed E-state index contributed by atoms with van der Waals surface area (Å²) >= 11 is 1.41. The van der Waals surface area contributed by atoms with Crippen LogP contribution >= 0.6 is 11.3 Å². The van der Waals surface area contributed by atoms with Gasteiger partial charge in [-0.1, -0.05) is 59.9 Å². The maximum atomic E-state index is 12.1. The topological polar surface area (TPSA) is 70.1 Å². The number of amides is 2. The number of benzene rings is 2. The summed E-state index contributed by atoms with van der Waals surface area (Å²) in [7, 11) is 0. The van der Waals surface area contributed by atoms with Gasteiger partial charge >= 0.3 is 6.03 Å². The molecule has 1 aliphatic heterocycles. The summed E-state index contributed by atoms with van der Waals surface area (Å²) in [4.78, 5) is 14.3. The third kappa shape index (κ3) is 4.43. The van der Waals surface area contributed by atoms with E-state index in [0.29, 0.717) is 11.0 Å². The molecule has 6 nitrogen and oxygen atoms in total. The molecule has 7 heteroatoms. The standard InChI is InChI=1S/C20H21N5OS/c26-18(21-17-9-5-2-6-10-17)22-19-23-24-20(27-19)25-13-11-16(12-14-25)15-7-3-1-4-8-15/h1-10,16H,11-14H2,(H2,21,22,23,26). The van der Waals surface area contributed by atoms with Gasteiger partial charge in [-0.2, -0.15) is 0 Å². The van der Waals surface area contributed by atoms with E-state index in [1.54, 1.807) is 0 Å². The second kappa shape index (κ2) is 8.18. The summed E-state index contributed by atoms with van der Waals surface area (Å²) in [5, 5.41) is 15.2. The maximum Gasteiger partial charge on any atom is 0.325 e. The molecule has 0 atom stereocenters. The average molecular weight is 379 g/mol. The SMILES string of the molecule is O=C(Nc1ccccc1)Nc1nnc(N2CCC(c3ccccc3)CC2)s1. The Hall–Kier alpha value is -2.93. The van der Waals surface area contributed by atoms with Gasteiger partial charge in [-0.15, -0.1) is 10.2 Å². The van der Waals surface area contributed by atoms with Crippen LogP contribution in [0.3, 0.4) is 0 Å². The van der Waals surface area contributed by atoms with Gasteiger partial charge in [-0.3, -0.25) is 5.32 Å². The number of aromatic nitrogens is 2. The largest absolute Gasteiger partial charge is 0.347 e. The Morgan fingerprint density at radius 2 is 1.59 bits per heavy atom. The first-order chi connectivity index (χ1) is 13.3. The smallest absolute Gasteiger partial charge is 0.325 e. The summed E-state index contributed by atoms with van der Waals surface area (Å²) in [6.07, 6.45) is 2.20. The molecule has 0 radical (unpaired) electrons. The molecule has 27 heavy (non-hydrogen) atoms. The van der Waals surface area contributed by atoms with Crippen LogP contribution in [0.5, 0.6) is 0 Å². The summed E-state index contributed by atoms with van der Waals surface area (Å²) in [5.41, 5.74) is 2.15. The lowest BCUT2D eigenvalue weighted by Gasteiger charge is -2.31. The number of para-hydroxylation sites is 1. The normalized spacial score (nSPS) is 14.7. The van der Waals surface area contributed by atoms with Crippen molar-refractivity contribution in [1.82, 2.24) is 10.2 Å². The highest BCUT2D eigenvalue weighted by atomic mass is 32.1. The lowest BCUT2D eigenvalue weighted by Crippen LogP contribution is -2.32. The van der Waals surface area contributed by atoms with E-state index in [4.69, 9.17) is 0 Å². The Bertz CT molecular complexity index is 876. The Balaban J connectivity index is 1.31. The van der Waals surface area contributed by atoms with Crippen LogP contribution in [0.25, 0.3) is 0 Å². The second-order valence-electron chi connectivity index (χ2n) is 6.51. The van der Waals surface area contributed by atoms with Gasteiger partial charge < -0.3 is 10.2 Å². The predicted molar refractivity (Wildman–Crippen MR) is 110 cm³/mol. The van der Waals surface area contributed by atoms with Crippen molar-refractivity contribution < 1.29 is 4.79 Å². The number of nitrogens with one attached hydrogen (secondary N) is 2. The molecular formula is C20H21N5OS. The molecule has 2 aromatic carbocycles. The van der Waals surface area contributed by atoms with E-state index in [1.165, 1.54) is 16.9 Å². The average Bonchev–Trinajstić information content (AvgIpc) is 3.18. The zero-order valence-electron chi connectivity index (χ0n) is 14.8. The molecule has 4 rings (SSSR count). The molecule has 3 aromatic rings. The molecule has 0 spiro atoms. The van der Waals surface area contributed by atoms with Crippen LogP contribution in [0.1, 0.15) is 24.3 Å². The number of urea groups is 1. The minimum absolute atomic E-state index is 0.313. The van der Waals surface area contributed by atoms with Crippen LogP contribution in [-0.4, -0.2) is 29.3 Å². The lowest BCUT2D eigenvalue weighted by atomic mass is 9.90. The minimum atomic E-state index is -0.313. The van der Waals surface area contributed by atoms with Crippen molar-refractivity contribution in [2.75, 3.05) is 28.6 Å². The van der Waals surface area contributed by atoms with Crippen molar-refractivity contribution in [1.29, 1.82) is 0 Å². The fourth-order valence-corrected chi connectivity index (χ4v) is 4.10. The van der Waals surface area contributed by atoms with Gasteiger partial charge in [0.2, 0.25) is 10.3 Å². The van der Waals surface area contributed by atoms with E-state index in [-0.39, 0.29) is 6.03 Å². The highest BCUT2D eigenvalue weighted by molar-refractivity contribution is 7.19. The zero-order valence-corrected chi connectivity index (χ0v) is 15.7. The lowest BCUT2D eigenvalue weighted by molar-refractivity contribution is 0.262. The van der Waals surface area contributed by atoms with Crippen LogP contribution in [0.2, 0.25) is 0 Å². The molecule has 0 unspecified atom stereocenters. The zero-order chi connectivity index (χ0) is 18.5. The highest BCUT2D eigenvalue weighted by Crippen LogP contribution is 2.32. The molecule has 1 fully saturated rings. The number of carbonyl (C=O) groups is 1. The van der Waals surface area contributed by atoms with E-state index >= 15 is 0 Å². The van der Waals surface area contributed by atoms with Crippen LogP contribution in [0, 0.1) is 0 Å². The molecule has 138 valence electrons. The maximum absolute atomic E-state index is 12.1. The molecule has 2 heterocycles. The molecule has 1 saturated heterocycles. The third-order valence-corrected chi connectivity index (χ3v) is 5.60. The molecular weight excluding hydrogens is 358 g/mol. The van der Waals surface area contributed by atoms with Crippen LogP contribution in [0.15, 0.2) is 60.7 Å². The first-order valence-electron chi connectivity index (χ1n) is 9.04. The first-order valence-corrected chi connectivity index (χ1v) is 9.86. The van der Waals surface area contributed by atoms with Crippen LogP contribution < -0.4 is 15.5 Å². The first kappa shape index (κ1) is 17.5. The molecule has 0 bridgehead atoms. The third-order valence-electron chi connectivity index (χ3n) is 4.70. The van der Waals surface area contributed by atoms with Gasteiger partial charge in [-0.05, 0) is 36.5 Å². The van der Waals surface area contributed by atoms with Crippen molar-refractivity contribution in [3.05, 3.63) is 66.2 Å². The molecule has 1 aliphatic rings. The van der Waals surface area contributed by atoms with Crippen molar-refractivity contribution in [2.24, 2.45) is 0 Å². The highest BCUT2D eigenvalue weighted by Gasteiger charge is 2.23. The molecule has 1 aromatic heterocycles. The molecule has 2 amide bonds. The number of nitrogens with zero attached hydrogens (tertiary/aromatic N) is 3. The minimum Gasteiger partial charge on any atom is -0.347 e. The van der Waals surface area contributed by atoms with E-state index in [2.05, 4.69) is 56.1 Å². The number of hydrogen-bond acceptors (Lipinski definition) is 5. The van der Waals surface area contributed by atoms with Gasteiger partial charge in [0, 0.05) is 18.8 Å². The molecule has 0 aliphatic carbocycles. The second-order valence-corrected chi connectivity index (χ2v) is 7.46. The summed E-state index contributed by atoms with van der Waals surface area (Å²) in [6.45, 7) is 1.90. The van der Waals surface area contributed by atoms with Gasteiger partial charge in [-0.25, -0.2) is 4.79 Å². The summed E-state index contributed by atoms with van der Waals surface area (Å²) in [6, 6.07) is 19.7. The van der Waals surface area contributed by atoms with E-state index in [0.717, 1.165) is 36.8 Å². The number of carbonyl (C=O) groups excluding carboxylic acids is 1. The van der Waals surface area contributed by atoms with E-state index < -0.39 is 0 Å². The van der Waals surface area contributed by atoms with Gasteiger partial charge in [0.15, 0.2) is 0 Å². The summed E-state index contributed by atoms with van der Waals surface area (Å²) < 4.78 is 0. The fourth-order valence-electron chi connectivity index (χ4n) is 3.30. The van der Waals surface area contributed by atoms with E-state index in [1.807, 2.05) is 30.3 Å². The Morgan fingerprint density at radius 3 is 2.30 bits per heavy atom. The van der Waals surface area contributed by atoms with Crippen molar-refractivity contribution in [3.63, 3.8) is 0 Å². The monoisotopic (exact) mass is 379 g/mol. The van der Waals surface area contributed by atoms with Gasteiger partial charge in [0.05, 0.1) is 0 Å². The Morgan fingerprint density at radius 1 is 0.926 bits per heavy atom. The van der Waals surface area contributed by atoms with Crippen molar-refractivity contribution in [3.8, 4) is 0 Å². The van der Waals surface area contributed by atoms with Crippen LogP contribution in [-0.2, 0) is 0 Å². The fraction of sp³-hybridized carbons (Fsp3) is 0.250. The van der Waals surface area contributed by atoms with Crippen molar-refractivity contribution >= 4 is 33.3 Å². The van der Waals surface area contributed by atoms with Crippen LogP contribution in [0.4, 0.5) is 20.7 Å². The quantitative estimate of drug-likeness (QED) is 0.697. The predicted octanol–water partition coefficient (Wildman–Crippen LogP) is 4.57. The number of anilines is 3. The Kier molecular flexibility index (Phi) is 5.29. The van der Waals surface area contributed by atoms with Crippen molar-refractivity contribution in [2.45, 2.75) is 18.8 Å². The summed E-state index contributed by atoms with van der Waals surface area (Å²) in [5.74, 6) is 0.601. The van der Waals surface area contributed by atoms with Gasteiger partial charge in [0.25, 0.3) is 0 Å². The number of hydrogen-bond donors (Lipinski definition) is 2. The van der Waals surface area contributed by atoms with Gasteiger partial charge in [0.1, 0.15) is 0 Å². The molecule has 2 N–H and O–H groups in total. The number of rotatable bonds is 4.